The molecule has 1 aromatic heterocycles. The van der Waals surface area contributed by atoms with Crippen LogP contribution >= 0.6 is 0 Å². The molecule has 0 saturated carbocycles. The fourth-order valence-electron chi connectivity index (χ4n) is 2.44. The maximum absolute atomic E-state index is 12.6. The van der Waals surface area contributed by atoms with Crippen LogP contribution in [0.25, 0.3) is 11.0 Å². The van der Waals surface area contributed by atoms with Gasteiger partial charge in [0.05, 0.1) is 11.1 Å². The van der Waals surface area contributed by atoms with E-state index in [-0.39, 0.29) is 12.5 Å². The number of aliphatic carboxylic acids is 1. The van der Waals surface area contributed by atoms with Gasteiger partial charge in [0.1, 0.15) is 11.6 Å². The van der Waals surface area contributed by atoms with E-state index in [0.29, 0.717) is 29.7 Å². The molecular weight excluding hydrogens is 272 g/mol. The van der Waals surface area contributed by atoms with Crippen molar-refractivity contribution in [2.24, 2.45) is 0 Å². The number of hydrogen-bond donors (Lipinski definition) is 2. The van der Waals surface area contributed by atoms with E-state index in [4.69, 9.17) is 5.11 Å². The number of carboxylic acid groups (broad SMARTS) is 1. The Morgan fingerprint density at radius 3 is 2.90 bits per heavy atom. The average molecular weight is 286 g/mol. The van der Waals surface area contributed by atoms with Crippen molar-refractivity contribution >= 4 is 22.9 Å². The van der Waals surface area contributed by atoms with Crippen molar-refractivity contribution in [2.75, 3.05) is 19.6 Å². The lowest BCUT2D eigenvalue weighted by Crippen LogP contribution is -2.55. The standard InChI is InChI=1S/C14H14N4O3/c19-13(18-7-6-16-11(8-18)14(20)21)9-2-1-3-10-12(9)17-5-4-15-10/h1-5,11,16H,6-8H2,(H,20,21). The van der Waals surface area contributed by atoms with Gasteiger partial charge in [-0.05, 0) is 12.1 Å². The molecule has 1 saturated heterocycles. The quantitative estimate of drug-likeness (QED) is 0.814. The first-order valence-corrected chi connectivity index (χ1v) is 6.62. The number of benzene rings is 1. The zero-order valence-corrected chi connectivity index (χ0v) is 11.2. The van der Waals surface area contributed by atoms with Gasteiger partial charge in [0.25, 0.3) is 5.91 Å². The highest BCUT2D eigenvalue weighted by Crippen LogP contribution is 2.16. The van der Waals surface area contributed by atoms with Crippen molar-refractivity contribution in [3.05, 3.63) is 36.2 Å². The number of amides is 1. The number of rotatable bonds is 2. The van der Waals surface area contributed by atoms with E-state index in [1.165, 1.54) is 6.20 Å². The third-order valence-corrected chi connectivity index (χ3v) is 3.49. The summed E-state index contributed by atoms with van der Waals surface area (Å²) in [4.78, 5) is 33.6. The first-order valence-electron chi connectivity index (χ1n) is 6.62. The number of piperazine rings is 1. The topological polar surface area (TPSA) is 95.4 Å². The van der Waals surface area contributed by atoms with E-state index in [1.807, 2.05) is 0 Å². The van der Waals surface area contributed by atoms with Crippen LogP contribution in [0.4, 0.5) is 0 Å². The minimum atomic E-state index is -0.954. The van der Waals surface area contributed by atoms with Gasteiger partial charge in [-0.25, -0.2) is 0 Å². The van der Waals surface area contributed by atoms with Gasteiger partial charge in [0, 0.05) is 32.0 Å². The lowest BCUT2D eigenvalue weighted by Gasteiger charge is -2.31. The summed E-state index contributed by atoms with van der Waals surface area (Å²) >= 11 is 0. The van der Waals surface area contributed by atoms with Crippen molar-refractivity contribution in [1.82, 2.24) is 20.2 Å². The third-order valence-electron chi connectivity index (χ3n) is 3.49. The van der Waals surface area contributed by atoms with E-state index < -0.39 is 12.0 Å². The van der Waals surface area contributed by atoms with E-state index >= 15 is 0 Å². The molecule has 2 N–H and O–H groups in total. The predicted molar refractivity (Wildman–Crippen MR) is 74.9 cm³/mol. The van der Waals surface area contributed by atoms with E-state index in [0.717, 1.165) is 0 Å². The lowest BCUT2D eigenvalue weighted by molar-refractivity contribution is -0.140. The Hall–Kier alpha value is -2.54. The van der Waals surface area contributed by atoms with Crippen molar-refractivity contribution in [1.29, 1.82) is 0 Å². The fraction of sp³-hybridized carbons (Fsp3) is 0.286. The Labute approximate surface area is 120 Å². The van der Waals surface area contributed by atoms with Crippen LogP contribution in [-0.4, -0.2) is 57.5 Å². The van der Waals surface area contributed by atoms with Crippen molar-refractivity contribution < 1.29 is 14.7 Å². The van der Waals surface area contributed by atoms with Gasteiger partial charge in [-0.3, -0.25) is 19.6 Å². The molecular formula is C14H14N4O3. The molecule has 1 amide bonds. The van der Waals surface area contributed by atoms with Crippen molar-refractivity contribution in [3.63, 3.8) is 0 Å². The van der Waals surface area contributed by atoms with Gasteiger partial charge in [-0.1, -0.05) is 6.07 Å². The molecule has 0 spiro atoms. The summed E-state index contributed by atoms with van der Waals surface area (Å²) in [7, 11) is 0. The number of nitrogens with zero attached hydrogens (tertiary/aromatic N) is 3. The van der Waals surface area contributed by atoms with Crippen molar-refractivity contribution in [3.8, 4) is 0 Å². The largest absolute Gasteiger partial charge is 0.480 e. The molecule has 1 unspecified atom stereocenters. The van der Waals surface area contributed by atoms with Gasteiger partial charge in [-0.2, -0.15) is 0 Å². The molecule has 0 aliphatic carbocycles. The highest BCUT2D eigenvalue weighted by Gasteiger charge is 2.29. The molecule has 2 aromatic rings. The van der Waals surface area contributed by atoms with Gasteiger partial charge in [0.15, 0.2) is 0 Å². The Bertz CT molecular complexity index is 698. The zero-order valence-electron chi connectivity index (χ0n) is 11.2. The molecule has 7 heteroatoms. The molecule has 7 nitrogen and oxygen atoms in total. The number of hydrogen-bond acceptors (Lipinski definition) is 5. The van der Waals surface area contributed by atoms with E-state index in [9.17, 15) is 9.59 Å². The molecule has 3 rings (SSSR count). The monoisotopic (exact) mass is 286 g/mol. The molecule has 108 valence electrons. The SMILES string of the molecule is O=C(O)C1CN(C(=O)c2cccc3nccnc23)CCN1. The summed E-state index contributed by atoms with van der Waals surface area (Å²) in [6, 6.07) is 4.50. The van der Waals surface area contributed by atoms with Gasteiger partial charge in [0.2, 0.25) is 0 Å². The molecule has 1 aliphatic rings. The fourth-order valence-corrected chi connectivity index (χ4v) is 2.44. The Kier molecular flexibility index (Phi) is 3.49. The van der Waals surface area contributed by atoms with E-state index in [1.54, 1.807) is 29.3 Å². The maximum atomic E-state index is 12.6. The summed E-state index contributed by atoms with van der Waals surface area (Å²) in [5, 5.41) is 11.9. The number of aromatic nitrogens is 2. The predicted octanol–water partition coefficient (Wildman–Crippen LogP) is 0.128. The number of carbonyl (C=O) groups excluding carboxylic acids is 1. The molecule has 1 fully saturated rings. The first kappa shape index (κ1) is 13.4. The van der Waals surface area contributed by atoms with Gasteiger partial charge < -0.3 is 15.3 Å². The van der Waals surface area contributed by atoms with Crippen LogP contribution in [0.1, 0.15) is 10.4 Å². The second-order valence-corrected chi connectivity index (χ2v) is 4.83. The van der Waals surface area contributed by atoms with Crippen LogP contribution in [0, 0.1) is 0 Å². The third kappa shape index (κ3) is 2.55. The molecule has 0 radical (unpaired) electrons. The van der Waals surface area contributed by atoms with E-state index in [2.05, 4.69) is 15.3 Å². The van der Waals surface area contributed by atoms with Crippen LogP contribution in [0.5, 0.6) is 0 Å². The Morgan fingerprint density at radius 1 is 1.29 bits per heavy atom. The maximum Gasteiger partial charge on any atom is 0.322 e. The molecule has 0 bridgehead atoms. The molecule has 2 heterocycles. The first-order chi connectivity index (χ1) is 10.2. The number of fused-ring (bicyclic) bond motifs is 1. The Balaban J connectivity index is 1.92. The normalized spacial score (nSPS) is 18.7. The van der Waals surface area contributed by atoms with Crippen LogP contribution in [0.3, 0.4) is 0 Å². The molecule has 1 aromatic carbocycles. The second-order valence-electron chi connectivity index (χ2n) is 4.83. The number of carbonyl (C=O) groups is 2. The minimum Gasteiger partial charge on any atom is -0.480 e. The summed E-state index contributed by atoms with van der Waals surface area (Å²) in [5.41, 5.74) is 1.63. The number of carboxylic acids is 1. The zero-order chi connectivity index (χ0) is 14.8. The molecule has 21 heavy (non-hydrogen) atoms. The van der Waals surface area contributed by atoms with Crippen LogP contribution in [0.2, 0.25) is 0 Å². The number of nitrogens with one attached hydrogen (secondary N) is 1. The summed E-state index contributed by atoms with van der Waals surface area (Å²) in [6.45, 7) is 1.07. The number of para-hydroxylation sites is 1. The highest BCUT2D eigenvalue weighted by molar-refractivity contribution is 6.04. The smallest absolute Gasteiger partial charge is 0.322 e. The Morgan fingerprint density at radius 2 is 2.10 bits per heavy atom. The molecule has 1 aliphatic heterocycles. The van der Waals surface area contributed by atoms with Crippen LogP contribution in [0.15, 0.2) is 30.6 Å². The average Bonchev–Trinajstić information content (AvgIpc) is 2.53. The lowest BCUT2D eigenvalue weighted by atomic mass is 10.1. The highest BCUT2D eigenvalue weighted by atomic mass is 16.4. The summed E-state index contributed by atoms with van der Waals surface area (Å²) in [5.74, 6) is -1.17. The summed E-state index contributed by atoms with van der Waals surface area (Å²) < 4.78 is 0. The van der Waals surface area contributed by atoms with Crippen LogP contribution < -0.4 is 5.32 Å². The van der Waals surface area contributed by atoms with Crippen molar-refractivity contribution in [2.45, 2.75) is 6.04 Å². The second kappa shape index (κ2) is 5.45. The minimum absolute atomic E-state index is 0.144. The van der Waals surface area contributed by atoms with Crippen LogP contribution in [-0.2, 0) is 4.79 Å². The van der Waals surface area contributed by atoms with Gasteiger partial charge in [-0.15, -0.1) is 0 Å². The summed E-state index contributed by atoms with van der Waals surface area (Å²) in [6.07, 6.45) is 3.11. The van der Waals surface area contributed by atoms with Gasteiger partial charge >= 0.3 is 5.97 Å². The molecule has 1 atom stereocenters.